The molecule has 7 heteroatoms. The largest absolute Gasteiger partial charge is 0.494 e. The quantitative estimate of drug-likeness (QED) is 0.771. The Balaban J connectivity index is 1.95. The molecule has 0 saturated carbocycles. The normalized spacial score (nSPS) is 15.6. The first-order valence-corrected chi connectivity index (χ1v) is 8.36. The van der Waals surface area contributed by atoms with Crippen LogP contribution < -0.4 is 23.7 Å². The zero-order valence-corrected chi connectivity index (χ0v) is 15.6. The van der Waals surface area contributed by atoms with E-state index in [9.17, 15) is 9.18 Å². The van der Waals surface area contributed by atoms with Gasteiger partial charge in [0.2, 0.25) is 5.75 Å². The van der Waals surface area contributed by atoms with Gasteiger partial charge in [0.15, 0.2) is 28.8 Å². The predicted molar refractivity (Wildman–Crippen MR) is 96.1 cm³/mol. The van der Waals surface area contributed by atoms with Gasteiger partial charge in [0.05, 0.1) is 41.0 Å². The highest BCUT2D eigenvalue weighted by molar-refractivity contribution is 6.05. The lowest BCUT2D eigenvalue weighted by atomic mass is 9.88. The van der Waals surface area contributed by atoms with Crippen LogP contribution in [0, 0.1) is 11.7 Å². The number of benzene rings is 2. The Morgan fingerprint density at radius 1 is 1.00 bits per heavy atom. The summed E-state index contributed by atoms with van der Waals surface area (Å²) in [5.41, 5.74) is 0.985. The van der Waals surface area contributed by atoms with Gasteiger partial charge in [-0.3, -0.25) is 4.79 Å². The van der Waals surface area contributed by atoms with Crippen LogP contribution in [0.3, 0.4) is 0 Å². The number of ketones is 1. The Hall–Kier alpha value is -2.96. The van der Waals surface area contributed by atoms with Crippen molar-refractivity contribution < 1.29 is 32.9 Å². The van der Waals surface area contributed by atoms with Gasteiger partial charge in [0, 0.05) is 6.07 Å². The second kappa shape index (κ2) is 7.73. The number of hydrogen-bond donors (Lipinski definition) is 0. The molecule has 0 saturated heterocycles. The van der Waals surface area contributed by atoms with E-state index in [1.807, 2.05) is 0 Å². The lowest BCUT2D eigenvalue weighted by Crippen LogP contribution is -2.30. The maximum absolute atomic E-state index is 14.0. The van der Waals surface area contributed by atoms with Crippen LogP contribution in [0.2, 0.25) is 0 Å². The maximum atomic E-state index is 14.0. The second-order valence-corrected chi connectivity index (χ2v) is 6.06. The number of Topliss-reactive ketones (excluding diaryl/α,β-unsaturated/α-hetero) is 1. The Morgan fingerprint density at radius 2 is 1.70 bits per heavy atom. The van der Waals surface area contributed by atoms with E-state index in [0.717, 1.165) is 0 Å². The molecule has 0 bridgehead atoms. The zero-order valence-electron chi connectivity index (χ0n) is 15.6. The fourth-order valence-electron chi connectivity index (χ4n) is 3.22. The molecule has 0 unspecified atom stereocenters. The monoisotopic (exact) mass is 376 g/mol. The first kappa shape index (κ1) is 18.8. The minimum absolute atomic E-state index is 0.148. The van der Waals surface area contributed by atoms with Gasteiger partial charge in [-0.05, 0) is 24.1 Å². The smallest absolute Gasteiger partial charge is 0.204 e. The Labute approximate surface area is 156 Å². The van der Waals surface area contributed by atoms with E-state index in [4.69, 9.17) is 23.7 Å². The molecule has 0 radical (unpaired) electrons. The van der Waals surface area contributed by atoms with E-state index in [2.05, 4.69) is 0 Å². The average molecular weight is 376 g/mol. The molecule has 1 heterocycles. The summed E-state index contributed by atoms with van der Waals surface area (Å²) in [6.07, 6.45) is 0.330. The van der Waals surface area contributed by atoms with Crippen LogP contribution in [0.1, 0.15) is 15.9 Å². The van der Waals surface area contributed by atoms with Crippen LogP contribution in [0.4, 0.5) is 4.39 Å². The average Bonchev–Trinajstić information content (AvgIpc) is 2.68. The van der Waals surface area contributed by atoms with Crippen LogP contribution in [0.25, 0.3) is 0 Å². The number of methoxy groups -OCH3 is 4. The van der Waals surface area contributed by atoms with E-state index >= 15 is 0 Å². The van der Waals surface area contributed by atoms with Crippen molar-refractivity contribution in [2.24, 2.45) is 5.92 Å². The number of rotatable bonds is 6. The van der Waals surface area contributed by atoms with Gasteiger partial charge < -0.3 is 23.7 Å². The summed E-state index contributed by atoms with van der Waals surface area (Å²) >= 11 is 0. The molecule has 0 fully saturated rings. The summed E-state index contributed by atoms with van der Waals surface area (Å²) in [7, 11) is 5.82. The van der Waals surface area contributed by atoms with Crippen LogP contribution in [0.15, 0.2) is 24.3 Å². The van der Waals surface area contributed by atoms with E-state index in [1.54, 1.807) is 18.2 Å². The molecule has 1 aliphatic heterocycles. The highest BCUT2D eigenvalue weighted by atomic mass is 19.1. The molecule has 0 aromatic heterocycles. The minimum atomic E-state index is -0.475. The van der Waals surface area contributed by atoms with Gasteiger partial charge in [-0.25, -0.2) is 4.39 Å². The van der Waals surface area contributed by atoms with Crippen molar-refractivity contribution in [2.75, 3.05) is 35.0 Å². The van der Waals surface area contributed by atoms with Gasteiger partial charge in [-0.2, -0.15) is 0 Å². The molecule has 27 heavy (non-hydrogen) atoms. The topological polar surface area (TPSA) is 63.2 Å². The number of fused-ring (bicyclic) bond motifs is 1. The number of carbonyl (C=O) groups is 1. The fraction of sp³-hybridized carbons (Fsp3) is 0.350. The first-order valence-electron chi connectivity index (χ1n) is 8.36. The Kier molecular flexibility index (Phi) is 5.39. The van der Waals surface area contributed by atoms with Crippen LogP contribution in [-0.2, 0) is 6.42 Å². The van der Waals surface area contributed by atoms with Crippen molar-refractivity contribution in [1.82, 2.24) is 0 Å². The van der Waals surface area contributed by atoms with Crippen molar-refractivity contribution in [2.45, 2.75) is 6.42 Å². The van der Waals surface area contributed by atoms with Gasteiger partial charge in [-0.1, -0.05) is 6.07 Å². The number of carbonyl (C=O) groups excluding carboxylic acids is 1. The van der Waals surface area contributed by atoms with E-state index in [1.165, 1.54) is 34.5 Å². The van der Waals surface area contributed by atoms with Crippen molar-refractivity contribution in [3.63, 3.8) is 0 Å². The molecule has 2 aromatic rings. The molecule has 144 valence electrons. The highest BCUT2D eigenvalue weighted by Crippen LogP contribution is 2.47. The van der Waals surface area contributed by atoms with Crippen LogP contribution in [0.5, 0.6) is 28.7 Å². The second-order valence-electron chi connectivity index (χ2n) is 6.06. The molecular weight excluding hydrogens is 355 g/mol. The van der Waals surface area contributed by atoms with Gasteiger partial charge in [0.1, 0.15) is 11.3 Å². The van der Waals surface area contributed by atoms with Crippen molar-refractivity contribution >= 4 is 5.78 Å². The van der Waals surface area contributed by atoms with E-state index in [-0.39, 0.29) is 23.9 Å². The lowest BCUT2D eigenvalue weighted by Gasteiger charge is -2.27. The molecule has 0 spiro atoms. The van der Waals surface area contributed by atoms with Crippen molar-refractivity contribution in [1.29, 1.82) is 0 Å². The van der Waals surface area contributed by atoms with Crippen molar-refractivity contribution in [3.8, 4) is 28.7 Å². The van der Waals surface area contributed by atoms with Gasteiger partial charge >= 0.3 is 0 Å². The molecule has 6 nitrogen and oxygen atoms in total. The summed E-state index contributed by atoms with van der Waals surface area (Å²) in [5, 5.41) is 0. The molecule has 0 N–H and O–H groups in total. The predicted octanol–water partition coefficient (Wildman–Crippen LogP) is 3.29. The number of halogens is 1. The number of hydrogen-bond acceptors (Lipinski definition) is 6. The maximum Gasteiger partial charge on any atom is 0.204 e. The van der Waals surface area contributed by atoms with E-state index < -0.39 is 11.7 Å². The third kappa shape index (κ3) is 3.37. The van der Waals surface area contributed by atoms with Gasteiger partial charge in [0.25, 0.3) is 0 Å². The molecule has 1 aliphatic rings. The third-order valence-electron chi connectivity index (χ3n) is 4.55. The molecular formula is C20H21FO6. The summed E-state index contributed by atoms with van der Waals surface area (Å²) in [5.74, 6) is 0.456. The Bertz CT molecular complexity index is 864. The number of ether oxygens (including phenoxy) is 5. The lowest BCUT2D eigenvalue weighted by molar-refractivity contribution is 0.0823. The summed E-state index contributed by atoms with van der Waals surface area (Å²) in [6.45, 7) is 0.179. The SMILES string of the molecule is COc1ccc(C[C@H]2COc3cc(OC)c(OC)c(OC)c3C2=O)cc1F. The molecule has 1 atom stereocenters. The molecule has 0 aliphatic carbocycles. The molecule has 3 rings (SSSR count). The summed E-state index contributed by atoms with van der Waals surface area (Å²) < 4.78 is 40.7. The van der Waals surface area contributed by atoms with Crippen molar-refractivity contribution in [3.05, 3.63) is 41.2 Å². The highest BCUT2D eigenvalue weighted by Gasteiger charge is 2.35. The Morgan fingerprint density at radius 3 is 2.30 bits per heavy atom. The zero-order chi connectivity index (χ0) is 19.6. The third-order valence-corrected chi connectivity index (χ3v) is 4.55. The van der Waals surface area contributed by atoms with E-state index in [0.29, 0.717) is 34.8 Å². The standard InChI is InChI=1S/C20H21FO6/c1-23-14-6-5-11(8-13(14)21)7-12-10-27-15-9-16(24-2)19(25-3)20(26-4)17(15)18(12)22/h5-6,8-9,12H,7,10H2,1-4H3/t12-/m0/s1. The minimum Gasteiger partial charge on any atom is -0.494 e. The summed E-state index contributed by atoms with van der Waals surface area (Å²) in [6, 6.07) is 6.25. The van der Waals surface area contributed by atoms with Crippen LogP contribution >= 0.6 is 0 Å². The summed E-state index contributed by atoms with van der Waals surface area (Å²) in [4.78, 5) is 13.1. The molecule has 0 amide bonds. The van der Waals surface area contributed by atoms with Crippen LogP contribution in [-0.4, -0.2) is 40.8 Å². The first-order chi connectivity index (χ1) is 13.0. The molecule has 2 aromatic carbocycles. The fourth-order valence-corrected chi connectivity index (χ4v) is 3.22. The van der Waals surface area contributed by atoms with Gasteiger partial charge in [-0.15, -0.1) is 0 Å².